The van der Waals surface area contributed by atoms with Crippen molar-refractivity contribution in [3.63, 3.8) is 0 Å². The number of rotatable bonds is 3. The molecule has 2 aromatic carbocycles. The summed E-state index contributed by atoms with van der Waals surface area (Å²) in [5, 5.41) is 10.4. The van der Waals surface area contributed by atoms with E-state index >= 15 is 0 Å². The van der Waals surface area contributed by atoms with Gasteiger partial charge in [0, 0.05) is 35.8 Å². The molecule has 1 fully saturated rings. The van der Waals surface area contributed by atoms with Gasteiger partial charge in [-0.1, -0.05) is 0 Å². The molecule has 5 rings (SSSR count). The van der Waals surface area contributed by atoms with E-state index in [4.69, 9.17) is 4.74 Å². The number of benzene rings is 2. The molecule has 3 heterocycles. The number of carbonyl (C=O) groups excluding carboxylic acids is 1. The molecule has 1 saturated heterocycles. The maximum absolute atomic E-state index is 13.8. The fourth-order valence-electron chi connectivity index (χ4n) is 4.43. The van der Waals surface area contributed by atoms with Gasteiger partial charge in [0.05, 0.1) is 12.2 Å². The van der Waals surface area contributed by atoms with Gasteiger partial charge in [-0.2, -0.15) is 5.10 Å². The number of nitrogens with zero attached hydrogens (tertiary/aromatic N) is 2. The maximum Gasteiger partial charge on any atom is 0.251 e. The number of hydrogen-bond acceptors (Lipinski definition) is 4. The Bertz CT molecular complexity index is 1160. The fourth-order valence-corrected chi connectivity index (χ4v) is 4.43. The van der Waals surface area contributed by atoms with Gasteiger partial charge in [-0.15, -0.1) is 0 Å². The Morgan fingerprint density at radius 2 is 1.97 bits per heavy atom. The van der Waals surface area contributed by atoms with Gasteiger partial charge in [-0.05, 0) is 54.9 Å². The maximum atomic E-state index is 13.8. The SMILES string of the molecule is O=C(N[C@@H]1CNCC[C@H]1c1cc(F)c(F)c(F)c1)c1ccc2c(c1)OCCn1nccc1-2. The van der Waals surface area contributed by atoms with E-state index in [2.05, 4.69) is 15.7 Å². The molecule has 1 amide bonds. The monoisotopic (exact) mass is 442 g/mol. The van der Waals surface area contributed by atoms with Crippen LogP contribution in [0.1, 0.15) is 28.3 Å². The molecule has 0 bridgehead atoms. The highest BCUT2D eigenvalue weighted by Gasteiger charge is 2.30. The highest BCUT2D eigenvalue weighted by Crippen LogP contribution is 2.33. The molecule has 2 aliphatic rings. The number of carbonyl (C=O) groups is 1. The first-order chi connectivity index (χ1) is 15.5. The minimum Gasteiger partial charge on any atom is -0.491 e. The predicted molar refractivity (Wildman–Crippen MR) is 111 cm³/mol. The van der Waals surface area contributed by atoms with E-state index in [9.17, 15) is 18.0 Å². The third-order valence-corrected chi connectivity index (χ3v) is 6.03. The molecule has 3 aromatic rings. The normalized spacial score (nSPS) is 20.0. The zero-order valence-electron chi connectivity index (χ0n) is 17.1. The Labute approximate surface area is 182 Å². The molecule has 9 heteroatoms. The number of amides is 1. The Hall–Kier alpha value is -3.33. The second-order valence-electron chi connectivity index (χ2n) is 7.98. The molecular formula is C23H21F3N4O2. The van der Waals surface area contributed by atoms with Crippen molar-refractivity contribution in [2.75, 3.05) is 19.7 Å². The Kier molecular flexibility index (Phi) is 5.34. The Balaban J connectivity index is 1.39. The second-order valence-corrected chi connectivity index (χ2v) is 7.98. The molecular weight excluding hydrogens is 421 g/mol. The van der Waals surface area contributed by atoms with E-state index in [-0.39, 0.29) is 11.8 Å². The highest BCUT2D eigenvalue weighted by molar-refractivity contribution is 5.95. The number of fused-ring (bicyclic) bond motifs is 3. The first kappa shape index (κ1) is 20.6. The predicted octanol–water partition coefficient (Wildman–Crippen LogP) is 3.24. The van der Waals surface area contributed by atoms with Crippen LogP contribution >= 0.6 is 0 Å². The van der Waals surface area contributed by atoms with Crippen LogP contribution < -0.4 is 15.4 Å². The standard InChI is InChI=1S/C23H21F3N4O2/c24-17-9-14(10-18(25)22(17)26)15-3-5-27-12-19(15)29-23(31)13-1-2-16-20-4-6-28-30(20)7-8-32-21(16)11-13/h1-2,4,6,9-11,15,19,27H,3,5,7-8,12H2,(H,29,31)/t15-,19+/m0/s1. The van der Waals surface area contributed by atoms with Crippen LogP contribution in [0.25, 0.3) is 11.3 Å². The van der Waals surface area contributed by atoms with Crippen LogP contribution in [0.3, 0.4) is 0 Å². The van der Waals surface area contributed by atoms with Crippen molar-refractivity contribution in [1.82, 2.24) is 20.4 Å². The lowest BCUT2D eigenvalue weighted by atomic mass is 9.85. The summed E-state index contributed by atoms with van der Waals surface area (Å²) >= 11 is 0. The van der Waals surface area contributed by atoms with E-state index < -0.39 is 23.5 Å². The van der Waals surface area contributed by atoms with Crippen LogP contribution in [0.15, 0.2) is 42.6 Å². The number of halogens is 3. The lowest BCUT2D eigenvalue weighted by molar-refractivity contribution is 0.0924. The van der Waals surface area contributed by atoms with Crippen LogP contribution in [0.4, 0.5) is 13.2 Å². The van der Waals surface area contributed by atoms with Gasteiger partial charge < -0.3 is 15.4 Å². The molecule has 6 nitrogen and oxygen atoms in total. The summed E-state index contributed by atoms with van der Waals surface area (Å²) in [4.78, 5) is 13.0. The summed E-state index contributed by atoms with van der Waals surface area (Å²) in [6.45, 7) is 2.09. The third-order valence-electron chi connectivity index (χ3n) is 6.03. The van der Waals surface area contributed by atoms with Gasteiger partial charge in [0.25, 0.3) is 5.91 Å². The molecule has 2 N–H and O–H groups in total. The topological polar surface area (TPSA) is 68.2 Å². The minimum atomic E-state index is -1.49. The number of aromatic nitrogens is 2. The summed E-state index contributed by atoms with van der Waals surface area (Å²) in [5.41, 5.74) is 2.51. The van der Waals surface area contributed by atoms with Crippen molar-refractivity contribution in [1.29, 1.82) is 0 Å². The molecule has 0 unspecified atom stereocenters. The lowest BCUT2D eigenvalue weighted by Crippen LogP contribution is -2.50. The van der Waals surface area contributed by atoms with Crippen LogP contribution in [-0.4, -0.2) is 41.4 Å². The van der Waals surface area contributed by atoms with Crippen molar-refractivity contribution in [2.45, 2.75) is 24.9 Å². The zero-order valence-corrected chi connectivity index (χ0v) is 17.1. The van der Waals surface area contributed by atoms with Gasteiger partial charge in [0.2, 0.25) is 0 Å². The van der Waals surface area contributed by atoms with E-state index in [1.807, 2.05) is 16.8 Å². The van der Waals surface area contributed by atoms with Crippen LogP contribution in [0.2, 0.25) is 0 Å². The zero-order chi connectivity index (χ0) is 22.2. The van der Waals surface area contributed by atoms with Crippen molar-refractivity contribution in [3.05, 3.63) is 71.2 Å². The summed E-state index contributed by atoms with van der Waals surface area (Å²) < 4.78 is 48.6. The summed E-state index contributed by atoms with van der Waals surface area (Å²) in [7, 11) is 0. The number of ether oxygens (including phenoxy) is 1. The molecule has 166 valence electrons. The van der Waals surface area contributed by atoms with Gasteiger partial charge in [0.1, 0.15) is 12.4 Å². The van der Waals surface area contributed by atoms with Crippen molar-refractivity contribution < 1.29 is 22.7 Å². The molecule has 1 aromatic heterocycles. The van der Waals surface area contributed by atoms with E-state index in [1.165, 1.54) is 0 Å². The highest BCUT2D eigenvalue weighted by atomic mass is 19.2. The van der Waals surface area contributed by atoms with Crippen molar-refractivity contribution in [2.24, 2.45) is 0 Å². The largest absolute Gasteiger partial charge is 0.491 e. The van der Waals surface area contributed by atoms with E-state index in [0.29, 0.717) is 49.5 Å². The molecule has 0 aliphatic carbocycles. The van der Waals surface area contributed by atoms with Crippen LogP contribution in [0, 0.1) is 17.5 Å². The smallest absolute Gasteiger partial charge is 0.251 e. The molecule has 0 saturated carbocycles. The number of nitrogens with one attached hydrogen (secondary N) is 2. The Morgan fingerprint density at radius 3 is 2.78 bits per heavy atom. The van der Waals surface area contributed by atoms with Gasteiger partial charge in [-0.3, -0.25) is 9.48 Å². The van der Waals surface area contributed by atoms with Gasteiger partial charge >= 0.3 is 0 Å². The van der Waals surface area contributed by atoms with Crippen molar-refractivity contribution in [3.8, 4) is 17.0 Å². The van der Waals surface area contributed by atoms with Crippen molar-refractivity contribution >= 4 is 5.91 Å². The average Bonchev–Trinajstić information content (AvgIpc) is 3.18. The summed E-state index contributed by atoms with van der Waals surface area (Å²) in [5.74, 6) is -4.03. The quantitative estimate of drug-likeness (QED) is 0.612. The van der Waals surface area contributed by atoms with Crippen LogP contribution in [-0.2, 0) is 6.54 Å². The second kappa shape index (κ2) is 8.31. The molecule has 2 aliphatic heterocycles. The summed E-state index contributed by atoms with van der Waals surface area (Å²) in [6.07, 6.45) is 2.27. The summed E-state index contributed by atoms with van der Waals surface area (Å²) in [6, 6.07) is 8.72. The lowest BCUT2D eigenvalue weighted by Gasteiger charge is -2.33. The molecule has 2 atom stereocenters. The molecule has 0 radical (unpaired) electrons. The van der Waals surface area contributed by atoms with E-state index in [0.717, 1.165) is 23.4 Å². The Morgan fingerprint density at radius 1 is 1.16 bits per heavy atom. The first-order valence-corrected chi connectivity index (χ1v) is 10.5. The van der Waals surface area contributed by atoms with E-state index in [1.54, 1.807) is 18.3 Å². The first-order valence-electron chi connectivity index (χ1n) is 10.5. The number of hydrogen-bond donors (Lipinski definition) is 2. The van der Waals surface area contributed by atoms with Crippen LogP contribution in [0.5, 0.6) is 5.75 Å². The molecule has 0 spiro atoms. The fraction of sp³-hybridized carbons (Fsp3) is 0.304. The molecule has 32 heavy (non-hydrogen) atoms. The number of piperidine rings is 1. The third kappa shape index (κ3) is 3.73. The average molecular weight is 442 g/mol. The minimum absolute atomic E-state index is 0.323. The van der Waals surface area contributed by atoms with Gasteiger partial charge in [-0.25, -0.2) is 13.2 Å². The van der Waals surface area contributed by atoms with Gasteiger partial charge in [0.15, 0.2) is 17.5 Å².